The third kappa shape index (κ3) is 3.87. The molecule has 3 rings (SSSR count). The van der Waals surface area contributed by atoms with Gasteiger partial charge in [0.1, 0.15) is 6.04 Å². The average molecular weight is 335 g/mol. The number of hydrogen-bond donors (Lipinski definition) is 1. The van der Waals surface area contributed by atoms with E-state index in [4.69, 9.17) is 0 Å². The number of aldehydes is 1. The van der Waals surface area contributed by atoms with Crippen LogP contribution in [0.4, 0.5) is 0 Å². The quantitative estimate of drug-likeness (QED) is 0.499. The molecular formula is C19H17N3O3. The van der Waals surface area contributed by atoms with E-state index in [2.05, 4.69) is 10.3 Å². The minimum absolute atomic E-state index is 0.0576. The summed E-state index contributed by atoms with van der Waals surface area (Å²) in [4.78, 5) is 26.5. The van der Waals surface area contributed by atoms with Crippen molar-refractivity contribution in [2.75, 3.05) is 0 Å². The minimum atomic E-state index is -1.18. The molecule has 2 unspecified atom stereocenters. The van der Waals surface area contributed by atoms with Crippen LogP contribution in [0.2, 0.25) is 0 Å². The first kappa shape index (κ1) is 16.7. The summed E-state index contributed by atoms with van der Waals surface area (Å²) in [5.74, 6) is 0. The molecule has 1 heterocycles. The smallest absolute Gasteiger partial charge is 0.278 e. The molecule has 1 N–H and O–H groups in total. The van der Waals surface area contributed by atoms with E-state index in [1.165, 1.54) is 0 Å². The monoisotopic (exact) mass is 335 g/mol. The van der Waals surface area contributed by atoms with Crippen LogP contribution in [-0.2, 0) is 11.3 Å². The standard InChI is InChI=1S/C19H17N3O3/c23-13-17-19(22(24)25)18(20-12-15-9-5-2-6-10-15)16(21-17)11-14-7-3-1-4-8-14/h1-11,13,18-20H,12H2. The van der Waals surface area contributed by atoms with Crippen molar-refractivity contribution >= 4 is 18.1 Å². The Hall–Kier alpha value is -3.12. The van der Waals surface area contributed by atoms with Crippen LogP contribution in [0.3, 0.4) is 0 Å². The first-order valence-corrected chi connectivity index (χ1v) is 7.90. The van der Waals surface area contributed by atoms with Crippen LogP contribution in [-0.4, -0.2) is 29.0 Å². The van der Waals surface area contributed by atoms with Crippen LogP contribution < -0.4 is 5.32 Å². The number of benzene rings is 2. The Labute approximate surface area is 145 Å². The van der Waals surface area contributed by atoms with Gasteiger partial charge in [0.25, 0.3) is 6.04 Å². The molecule has 0 saturated heterocycles. The largest absolute Gasteiger partial charge is 0.298 e. The van der Waals surface area contributed by atoms with Gasteiger partial charge in [-0.2, -0.15) is 0 Å². The molecule has 2 aromatic rings. The molecule has 2 atom stereocenters. The second-order valence-corrected chi connectivity index (χ2v) is 5.71. The zero-order chi connectivity index (χ0) is 17.6. The number of rotatable bonds is 6. The molecule has 0 saturated carbocycles. The number of hydrogen-bond acceptors (Lipinski definition) is 5. The molecule has 126 valence electrons. The SMILES string of the molecule is O=CC1=NC(=Cc2ccccc2)C(NCc2ccccc2)C1[N+](=O)[O-]. The maximum Gasteiger partial charge on any atom is 0.278 e. The summed E-state index contributed by atoms with van der Waals surface area (Å²) in [6, 6.07) is 17.2. The van der Waals surface area contributed by atoms with Crippen LogP contribution in [0.1, 0.15) is 11.1 Å². The van der Waals surface area contributed by atoms with Crippen molar-refractivity contribution in [3.8, 4) is 0 Å². The number of nitrogens with zero attached hydrogens (tertiary/aromatic N) is 2. The van der Waals surface area contributed by atoms with Gasteiger partial charge >= 0.3 is 0 Å². The summed E-state index contributed by atoms with van der Waals surface area (Å²) >= 11 is 0. The van der Waals surface area contributed by atoms with Gasteiger partial charge in [0, 0.05) is 11.5 Å². The van der Waals surface area contributed by atoms with Gasteiger partial charge in [-0.25, -0.2) is 4.99 Å². The Balaban J connectivity index is 1.90. The van der Waals surface area contributed by atoms with Crippen molar-refractivity contribution < 1.29 is 9.72 Å². The Morgan fingerprint density at radius 3 is 2.32 bits per heavy atom. The van der Waals surface area contributed by atoms with Crippen LogP contribution in [0.25, 0.3) is 6.08 Å². The molecule has 1 aliphatic heterocycles. The topological polar surface area (TPSA) is 84.6 Å². The predicted octanol–water partition coefficient (Wildman–Crippen LogP) is 2.48. The van der Waals surface area contributed by atoms with E-state index in [9.17, 15) is 14.9 Å². The van der Waals surface area contributed by atoms with Gasteiger partial charge in [-0.05, 0) is 17.2 Å². The van der Waals surface area contributed by atoms with E-state index in [0.29, 0.717) is 18.5 Å². The summed E-state index contributed by atoms with van der Waals surface area (Å²) < 4.78 is 0. The third-order valence-electron chi connectivity index (χ3n) is 4.03. The molecule has 0 aromatic heterocycles. The van der Waals surface area contributed by atoms with Crippen molar-refractivity contribution in [2.45, 2.75) is 18.6 Å². The molecule has 1 aliphatic rings. The van der Waals surface area contributed by atoms with Gasteiger partial charge < -0.3 is 0 Å². The summed E-state index contributed by atoms with van der Waals surface area (Å²) in [6.07, 6.45) is 2.24. The van der Waals surface area contributed by atoms with E-state index in [-0.39, 0.29) is 5.71 Å². The summed E-state index contributed by atoms with van der Waals surface area (Å²) in [5.41, 5.74) is 2.31. The summed E-state index contributed by atoms with van der Waals surface area (Å²) in [7, 11) is 0. The molecule has 6 heteroatoms. The maximum absolute atomic E-state index is 11.5. The van der Waals surface area contributed by atoms with Gasteiger partial charge in [0.2, 0.25) is 0 Å². The fourth-order valence-corrected chi connectivity index (χ4v) is 2.82. The molecule has 2 aromatic carbocycles. The van der Waals surface area contributed by atoms with Crippen molar-refractivity contribution in [3.05, 3.63) is 87.6 Å². The average Bonchev–Trinajstić information content (AvgIpc) is 2.99. The van der Waals surface area contributed by atoms with E-state index in [1.54, 1.807) is 6.08 Å². The second-order valence-electron chi connectivity index (χ2n) is 5.71. The number of carbonyl (C=O) groups excluding carboxylic acids is 1. The molecule has 0 bridgehead atoms. The molecule has 0 spiro atoms. The fourth-order valence-electron chi connectivity index (χ4n) is 2.82. The highest BCUT2D eigenvalue weighted by Gasteiger charge is 2.43. The van der Waals surface area contributed by atoms with Crippen LogP contribution >= 0.6 is 0 Å². The molecule has 0 radical (unpaired) electrons. The normalized spacial score (nSPS) is 21.1. The Morgan fingerprint density at radius 1 is 1.08 bits per heavy atom. The number of carbonyl (C=O) groups is 1. The number of aliphatic imine (C=N–C) groups is 1. The van der Waals surface area contributed by atoms with E-state index >= 15 is 0 Å². The summed E-state index contributed by atoms with van der Waals surface area (Å²) in [6.45, 7) is 0.448. The fraction of sp³-hybridized carbons (Fsp3) is 0.158. The Morgan fingerprint density at radius 2 is 1.72 bits per heavy atom. The number of nitrogens with one attached hydrogen (secondary N) is 1. The molecule has 0 amide bonds. The maximum atomic E-state index is 11.5. The highest BCUT2D eigenvalue weighted by molar-refractivity contribution is 6.32. The highest BCUT2D eigenvalue weighted by atomic mass is 16.6. The van der Waals surface area contributed by atoms with Gasteiger partial charge in [-0.1, -0.05) is 60.7 Å². The molecule has 0 fully saturated rings. The van der Waals surface area contributed by atoms with E-state index in [1.807, 2.05) is 60.7 Å². The Kier molecular flexibility index (Phi) is 5.11. The van der Waals surface area contributed by atoms with E-state index in [0.717, 1.165) is 11.1 Å². The van der Waals surface area contributed by atoms with Crippen molar-refractivity contribution in [2.24, 2.45) is 4.99 Å². The zero-order valence-electron chi connectivity index (χ0n) is 13.4. The van der Waals surface area contributed by atoms with Gasteiger partial charge in [0.15, 0.2) is 12.0 Å². The lowest BCUT2D eigenvalue weighted by Crippen LogP contribution is -2.45. The lowest BCUT2D eigenvalue weighted by Gasteiger charge is -2.16. The van der Waals surface area contributed by atoms with Gasteiger partial charge in [-0.3, -0.25) is 20.2 Å². The van der Waals surface area contributed by atoms with Crippen LogP contribution in [0.5, 0.6) is 0 Å². The second kappa shape index (κ2) is 7.63. The zero-order valence-corrected chi connectivity index (χ0v) is 13.4. The van der Waals surface area contributed by atoms with Crippen molar-refractivity contribution in [3.63, 3.8) is 0 Å². The molecule has 0 aliphatic carbocycles. The van der Waals surface area contributed by atoms with Crippen LogP contribution in [0.15, 0.2) is 71.4 Å². The highest BCUT2D eigenvalue weighted by Crippen LogP contribution is 2.23. The lowest BCUT2D eigenvalue weighted by molar-refractivity contribution is -0.504. The molecular weight excluding hydrogens is 318 g/mol. The number of nitro groups is 1. The predicted molar refractivity (Wildman–Crippen MR) is 95.8 cm³/mol. The van der Waals surface area contributed by atoms with Crippen molar-refractivity contribution in [1.82, 2.24) is 5.32 Å². The van der Waals surface area contributed by atoms with Crippen molar-refractivity contribution in [1.29, 1.82) is 0 Å². The van der Waals surface area contributed by atoms with Crippen LogP contribution in [0, 0.1) is 10.1 Å². The third-order valence-corrected chi connectivity index (χ3v) is 4.03. The first-order valence-electron chi connectivity index (χ1n) is 7.90. The minimum Gasteiger partial charge on any atom is -0.298 e. The van der Waals surface area contributed by atoms with Gasteiger partial charge in [-0.15, -0.1) is 0 Å². The first-order chi connectivity index (χ1) is 12.2. The van der Waals surface area contributed by atoms with Gasteiger partial charge in [0.05, 0.1) is 5.70 Å². The summed E-state index contributed by atoms with van der Waals surface area (Å²) in [5, 5.41) is 14.7. The van der Waals surface area contributed by atoms with E-state index < -0.39 is 17.0 Å². The molecule has 25 heavy (non-hydrogen) atoms. The molecule has 6 nitrogen and oxygen atoms in total. The Bertz CT molecular complexity index is 816. The lowest BCUT2D eigenvalue weighted by atomic mass is 10.0.